The number of hydrogen-bond donors (Lipinski definition) is 7. The van der Waals surface area contributed by atoms with Crippen LogP contribution in [0, 0.1) is 13.8 Å². The summed E-state index contributed by atoms with van der Waals surface area (Å²) in [6, 6.07) is 3.27. The van der Waals surface area contributed by atoms with Gasteiger partial charge in [-0.15, -0.1) is 0 Å². The Hall–Kier alpha value is -2.13. The van der Waals surface area contributed by atoms with Crippen molar-refractivity contribution in [2.45, 2.75) is 63.2 Å². The minimum Gasteiger partial charge on any atom is -0.756 e. The van der Waals surface area contributed by atoms with Crippen LogP contribution in [0.3, 0.4) is 0 Å². The van der Waals surface area contributed by atoms with Crippen molar-refractivity contribution in [1.82, 2.24) is 39.0 Å². The van der Waals surface area contributed by atoms with Gasteiger partial charge in [-0.2, -0.15) is 4.98 Å². The number of aliphatic hydroxyl groups is 5. The Labute approximate surface area is 352 Å². The zero-order valence-corrected chi connectivity index (χ0v) is 35.2. The second kappa shape index (κ2) is 17.8. The average molecular weight is 830 g/mol. The molecular weight excluding hydrogens is 798 g/mol. The number of nitrogens with two attached hydrogens (primary N) is 1. The second-order valence-electron chi connectivity index (χ2n) is 12.0. The summed E-state index contributed by atoms with van der Waals surface area (Å²) in [5, 5.41) is 52.9. The van der Waals surface area contributed by atoms with Crippen LogP contribution in [0.25, 0.3) is 33.7 Å². The van der Waals surface area contributed by atoms with Gasteiger partial charge in [0.25, 0.3) is 21.2 Å². The van der Waals surface area contributed by atoms with Crippen molar-refractivity contribution in [2.24, 2.45) is 0 Å². The first kappa shape index (κ1) is 45.6. The smallest absolute Gasteiger partial charge is 0.756 e. The Morgan fingerprint density at radius 3 is 2.36 bits per heavy atom. The van der Waals surface area contributed by atoms with Crippen molar-refractivity contribution in [2.75, 3.05) is 18.9 Å². The third-order valence-corrected chi connectivity index (χ3v) is 10.9. The molecule has 1 saturated heterocycles. The zero-order valence-electron chi connectivity index (χ0n) is 29.4. The van der Waals surface area contributed by atoms with E-state index in [1.165, 1.54) is 15.5 Å². The number of hydrogen-bond acceptors (Lipinski definition) is 21. The van der Waals surface area contributed by atoms with Gasteiger partial charge in [-0.1, -0.05) is 0 Å². The molecule has 286 valence electrons. The van der Waals surface area contributed by atoms with Crippen molar-refractivity contribution in [3.05, 3.63) is 56.8 Å². The quantitative estimate of drug-likeness (QED) is 0.0329. The van der Waals surface area contributed by atoms with Crippen LogP contribution < -0.4 is 85.9 Å². The van der Waals surface area contributed by atoms with Crippen LogP contribution in [0.1, 0.15) is 17.4 Å². The maximum Gasteiger partial charge on any atom is 1.00 e. The molecule has 0 saturated carbocycles. The van der Waals surface area contributed by atoms with Gasteiger partial charge in [0.15, 0.2) is 29.2 Å². The van der Waals surface area contributed by atoms with E-state index in [-0.39, 0.29) is 98.6 Å². The third kappa shape index (κ3) is 9.78. The molecule has 0 amide bonds. The molecule has 3 aliphatic rings. The normalized spacial score (nSPS) is 22.4. The molecule has 0 bridgehead atoms. The fourth-order valence-electron chi connectivity index (χ4n) is 5.54. The summed E-state index contributed by atoms with van der Waals surface area (Å²) in [6.45, 7) is 0.570. The van der Waals surface area contributed by atoms with Crippen LogP contribution in [-0.4, -0.2) is 114 Å². The van der Waals surface area contributed by atoms with Gasteiger partial charge in [0.2, 0.25) is 0 Å². The van der Waals surface area contributed by atoms with Crippen molar-refractivity contribution in [3.8, 4) is 11.5 Å². The number of nitrogens with zero attached hydrogens (tertiary/aromatic N) is 7. The molecule has 5 heterocycles. The van der Waals surface area contributed by atoms with Crippen LogP contribution >= 0.6 is 15.6 Å². The molecule has 28 heteroatoms. The molecule has 3 unspecified atom stereocenters. The van der Waals surface area contributed by atoms with Crippen LogP contribution in [-0.2, 0) is 33.8 Å². The van der Waals surface area contributed by atoms with E-state index in [1.54, 1.807) is 26.0 Å². The Bertz CT molecular complexity index is 2370. The molecule has 0 aliphatic carbocycles. The molecule has 24 nitrogen and oxygen atoms in total. The first-order valence-corrected chi connectivity index (χ1v) is 18.3. The Kier molecular flexibility index (Phi) is 14.7. The number of H-pyrrole nitrogens is 1. The average Bonchev–Trinajstić information content (AvgIpc) is 3.63. The van der Waals surface area contributed by atoms with Crippen LogP contribution in [0.5, 0.6) is 0 Å². The molecule has 1 fully saturated rings. The van der Waals surface area contributed by atoms with Crippen LogP contribution in [0.2, 0.25) is 0 Å². The number of nitrogens with one attached hydrogen (secondary N) is 1. The summed E-state index contributed by atoms with van der Waals surface area (Å²) >= 11 is 0. The monoisotopic (exact) mass is 829 g/mol. The maximum atomic E-state index is 12.5. The molecule has 3 aliphatic heterocycles. The summed E-state index contributed by atoms with van der Waals surface area (Å²) < 4.78 is 45.7. The number of phosphoric acid groups is 2. The van der Waals surface area contributed by atoms with Gasteiger partial charge in [0.05, 0.1) is 37.1 Å². The number of aliphatic hydroxyl groups excluding tert-OH is 5. The molecule has 1 aromatic carbocycles. The zero-order chi connectivity index (χ0) is 38.6. The predicted octanol–water partition coefficient (Wildman–Crippen LogP) is -9.68. The number of aryl methyl sites for hydroxylation is 2. The summed E-state index contributed by atoms with van der Waals surface area (Å²) in [6.07, 6.45) is -10.3. The first-order chi connectivity index (χ1) is 24.9. The minimum atomic E-state index is -5.85. The number of ether oxygens (including phenoxy) is 1. The van der Waals surface area contributed by atoms with Crippen molar-refractivity contribution >= 4 is 43.7 Å². The van der Waals surface area contributed by atoms with Gasteiger partial charge >= 0.3 is 64.8 Å². The number of nitrogen functional groups attached to an aromatic ring is 1. The van der Waals surface area contributed by atoms with Gasteiger partial charge in [0.1, 0.15) is 48.5 Å². The number of phosphoric ester groups is 2. The van der Waals surface area contributed by atoms with Gasteiger partial charge in [0, 0.05) is 0 Å². The number of anilines is 1. The standard InChI is InChI=1S/C27H33N9O15P2.2Na/c1-10-3-12-13(4-11(10)2)35(24-18(32-12)25(42)34-27(43)33-24)5-14(37)19(39)15(38)6-48-52(44,45)51-53(46,47)49-7-16-20(40)21(41)26(50-16)36-9-31-17-22(28)29-8-30-23(17)36;;/h3-4,8-9,14-16,19-21,26,37-41H,5-7H2,1-2H3,(H,44,45)(H,46,47)(H2,28,29,30)(H,34,42,43);;/q;2*+1/p-2/t14-,15+,16+,19-,20?,21-,26+;;/m0../s1. The molecule has 6 rings (SSSR count). The number of aromatic amines is 1. The van der Waals surface area contributed by atoms with Crippen LogP contribution in [0.4, 0.5) is 5.82 Å². The number of rotatable bonds is 13. The Morgan fingerprint density at radius 1 is 0.982 bits per heavy atom. The molecule has 3 aromatic rings. The minimum absolute atomic E-state index is 0. The molecule has 0 spiro atoms. The molecule has 55 heavy (non-hydrogen) atoms. The summed E-state index contributed by atoms with van der Waals surface area (Å²) in [7, 11) is -11.6. The molecule has 9 atom stereocenters. The number of imidazole rings is 1. The Morgan fingerprint density at radius 2 is 1.65 bits per heavy atom. The van der Waals surface area contributed by atoms with E-state index in [0.717, 1.165) is 17.5 Å². The number of fused-ring (bicyclic) bond motifs is 3. The van der Waals surface area contributed by atoms with E-state index < -0.39 is 89.5 Å². The van der Waals surface area contributed by atoms with E-state index in [0.29, 0.717) is 0 Å². The summed E-state index contributed by atoms with van der Waals surface area (Å²) in [5.74, 6) is -0.243. The predicted molar refractivity (Wildman–Crippen MR) is 172 cm³/mol. The van der Waals surface area contributed by atoms with Crippen molar-refractivity contribution in [1.29, 1.82) is 0 Å². The van der Waals surface area contributed by atoms with Gasteiger partial charge in [-0.05, 0) is 37.1 Å². The van der Waals surface area contributed by atoms with Gasteiger partial charge < -0.3 is 59.4 Å². The maximum absolute atomic E-state index is 12.5. The van der Waals surface area contributed by atoms with E-state index >= 15 is 0 Å². The van der Waals surface area contributed by atoms with E-state index in [1.807, 2.05) is 4.98 Å². The summed E-state index contributed by atoms with van der Waals surface area (Å²) in [5.41, 5.74) is 5.97. The fraction of sp³-hybridized carbons (Fsp3) is 0.444. The second-order valence-corrected chi connectivity index (χ2v) is 15.0. The van der Waals surface area contributed by atoms with E-state index in [9.17, 15) is 54.0 Å². The third-order valence-electron chi connectivity index (χ3n) is 8.38. The molecule has 0 radical (unpaired) electrons. The molecular formula is C27H31N9Na2O15P2. The molecule has 8 N–H and O–H groups in total. The number of aromatic nitrogens is 8. The van der Waals surface area contributed by atoms with Crippen molar-refractivity contribution in [3.63, 3.8) is 0 Å². The van der Waals surface area contributed by atoms with Gasteiger partial charge in [-0.3, -0.25) is 23.5 Å². The topological polar surface area (TPSA) is 369 Å². The summed E-state index contributed by atoms with van der Waals surface area (Å²) in [4.78, 5) is 71.1. The SMILES string of the molecule is Cc1cc2nc3c(=O)[nH]c(=O)nc-3n(C[C@H](O)[C@H](O)[C@H](O)COP(=O)([O-])OP(=O)([O-])OC[C@H]3O[C@@H](n4cnc5c(N)ncnc54)[C@@H](O)C3O)c2cc1C.[Na+].[Na+]. The van der Waals surface area contributed by atoms with E-state index in [2.05, 4.69) is 38.3 Å². The van der Waals surface area contributed by atoms with Crippen molar-refractivity contribution < 1.29 is 122 Å². The van der Waals surface area contributed by atoms with Crippen LogP contribution in [0.15, 0.2) is 34.4 Å². The van der Waals surface area contributed by atoms with Gasteiger partial charge in [-0.25, -0.2) is 29.0 Å². The first-order valence-electron chi connectivity index (χ1n) is 15.4. The van der Waals surface area contributed by atoms with E-state index in [4.69, 9.17) is 10.5 Å². The largest absolute Gasteiger partial charge is 1.00 e. The molecule has 2 aromatic heterocycles. The fourth-order valence-corrected chi connectivity index (χ4v) is 7.56. The Balaban J connectivity index is 0.00000336. The number of benzene rings is 1.